The molecule has 1 amide bonds. The van der Waals surface area contributed by atoms with Crippen LogP contribution in [-0.2, 0) is 14.3 Å². The number of nitrogens with zero attached hydrogens (tertiary/aromatic N) is 1. The highest BCUT2D eigenvalue weighted by Gasteiger charge is 2.10. The molecule has 0 radical (unpaired) electrons. The molecule has 0 atom stereocenters. The van der Waals surface area contributed by atoms with E-state index >= 15 is 0 Å². The molecule has 0 aromatic heterocycles. The highest BCUT2D eigenvalue weighted by molar-refractivity contribution is 6.01. The van der Waals surface area contributed by atoms with Gasteiger partial charge in [-0.25, -0.2) is 4.79 Å². The molecule has 2 aromatic rings. The summed E-state index contributed by atoms with van der Waals surface area (Å²) < 4.78 is 15.6. The second-order valence-corrected chi connectivity index (χ2v) is 6.98. The van der Waals surface area contributed by atoms with Crippen molar-refractivity contribution in [3.63, 3.8) is 0 Å². The van der Waals surface area contributed by atoms with Crippen LogP contribution in [0.1, 0.15) is 30.9 Å². The standard InChI is InChI=1S/C24H26N2O5/c1-17(2)19-5-4-6-22(14-19)30-16-23(27)31-21-9-7-18(8-10-21)13-20(15-25)24(28)26-11-12-29-3/h4-10,13-14,17H,11-12,16H2,1-3H3,(H,26,28)/b20-13+. The number of methoxy groups -OCH3 is 1. The zero-order chi connectivity index (χ0) is 22.6. The predicted molar refractivity (Wildman–Crippen MR) is 117 cm³/mol. The summed E-state index contributed by atoms with van der Waals surface area (Å²) in [6.07, 6.45) is 1.46. The number of hydrogen-bond donors (Lipinski definition) is 1. The minimum absolute atomic E-state index is 0.0297. The molecule has 0 bridgehead atoms. The Hall–Kier alpha value is -3.63. The second-order valence-electron chi connectivity index (χ2n) is 6.98. The second kappa shape index (κ2) is 12.2. The van der Waals surface area contributed by atoms with Gasteiger partial charge >= 0.3 is 5.97 Å². The van der Waals surface area contributed by atoms with Crippen molar-refractivity contribution in [3.05, 3.63) is 65.2 Å². The van der Waals surface area contributed by atoms with Crippen LogP contribution in [0.25, 0.3) is 6.08 Å². The van der Waals surface area contributed by atoms with Crippen LogP contribution in [0.15, 0.2) is 54.1 Å². The minimum Gasteiger partial charge on any atom is -0.482 e. The van der Waals surface area contributed by atoms with Crippen molar-refractivity contribution in [2.75, 3.05) is 26.9 Å². The van der Waals surface area contributed by atoms with Crippen LogP contribution in [0.2, 0.25) is 0 Å². The third kappa shape index (κ3) is 7.96. The van der Waals surface area contributed by atoms with Gasteiger partial charge in [-0.1, -0.05) is 38.1 Å². The van der Waals surface area contributed by atoms with Gasteiger partial charge in [-0.15, -0.1) is 0 Å². The first kappa shape index (κ1) is 23.6. The van der Waals surface area contributed by atoms with Gasteiger partial charge in [0.1, 0.15) is 23.1 Å². The molecule has 7 nitrogen and oxygen atoms in total. The summed E-state index contributed by atoms with van der Waals surface area (Å²) in [5.41, 5.74) is 1.72. The van der Waals surface area contributed by atoms with E-state index in [9.17, 15) is 14.9 Å². The van der Waals surface area contributed by atoms with Crippen molar-refractivity contribution >= 4 is 18.0 Å². The van der Waals surface area contributed by atoms with Gasteiger partial charge in [0.15, 0.2) is 6.61 Å². The molecule has 2 rings (SSSR count). The summed E-state index contributed by atoms with van der Waals surface area (Å²) in [5, 5.41) is 11.8. The number of benzene rings is 2. The fraction of sp³-hybridized carbons (Fsp3) is 0.292. The van der Waals surface area contributed by atoms with Crippen LogP contribution >= 0.6 is 0 Å². The molecule has 31 heavy (non-hydrogen) atoms. The average Bonchev–Trinajstić information content (AvgIpc) is 2.77. The lowest BCUT2D eigenvalue weighted by molar-refractivity contribution is -0.136. The molecule has 0 aliphatic carbocycles. The summed E-state index contributed by atoms with van der Waals surface area (Å²) in [6.45, 7) is 4.62. The van der Waals surface area contributed by atoms with Gasteiger partial charge in [0, 0.05) is 13.7 Å². The molecule has 0 heterocycles. The van der Waals surface area contributed by atoms with Crippen LogP contribution < -0.4 is 14.8 Å². The Balaban J connectivity index is 1.91. The van der Waals surface area contributed by atoms with E-state index < -0.39 is 11.9 Å². The zero-order valence-corrected chi connectivity index (χ0v) is 17.9. The zero-order valence-electron chi connectivity index (χ0n) is 17.9. The number of nitriles is 1. The molecule has 0 aliphatic heterocycles. The average molecular weight is 422 g/mol. The van der Waals surface area contributed by atoms with Crippen LogP contribution in [0.5, 0.6) is 11.5 Å². The number of rotatable bonds is 10. The lowest BCUT2D eigenvalue weighted by Gasteiger charge is -2.10. The Morgan fingerprint density at radius 3 is 2.52 bits per heavy atom. The van der Waals surface area contributed by atoms with Gasteiger partial charge in [-0.05, 0) is 47.4 Å². The molecule has 2 aromatic carbocycles. The van der Waals surface area contributed by atoms with E-state index in [1.165, 1.54) is 13.2 Å². The van der Waals surface area contributed by atoms with Crippen LogP contribution in [0, 0.1) is 11.3 Å². The van der Waals surface area contributed by atoms with E-state index in [0.29, 0.717) is 36.1 Å². The van der Waals surface area contributed by atoms with Gasteiger partial charge in [-0.2, -0.15) is 5.26 Å². The van der Waals surface area contributed by atoms with Crippen molar-refractivity contribution in [1.29, 1.82) is 5.26 Å². The summed E-state index contributed by atoms with van der Waals surface area (Å²) in [5.74, 6) is 0.296. The van der Waals surface area contributed by atoms with E-state index in [-0.39, 0.29) is 12.2 Å². The maximum Gasteiger partial charge on any atom is 0.349 e. The van der Waals surface area contributed by atoms with E-state index in [1.807, 2.05) is 24.3 Å². The molecule has 0 aliphatic rings. The van der Waals surface area contributed by atoms with E-state index in [0.717, 1.165) is 5.56 Å². The van der Waals surface area contributed by atoms with Crippen molar-refractivity contribution < 1.29 is 23.8 Å². The number of carbonyl (C=O) groups excluding carboxylic acids is 2. The fourth-order valence-electron chi connectivity index (χ4n) is 2.58. The van der Waals surface area contributed by atoms with Gasteiger partial charge in [0.25, 0.3) is 5.91 Å². The van der Waals surface area contributed by atoms with Gasteiger partial charge < -0.3 is 19.5 Å². The number of amides is 1. The molecule has 1 N–H and O–H groups in total. The number of hydrogen-bond acceptors (Lipinski definition) is 6. The minimum atomic E-state index is -0.534. The first-order valence-corrected chi connectivity index (χ1v) is 9.85. The smallest absolute Gasteiger partial charge is 0.349 e. The highest BCUT2D eigenvalue weighted by Crippen LogP contribution is 2.20. The van der Waals surface area contributed by atoms with Gasteiger partial charge in [0.05, 0.1) is 6.61 Å². The SMILES string of the molecule is COCCNC(=O)/C(C#N)=C/c1ccc(OC(=O)COc2cccc(C(C)C)c2)cc1. The molecular weight excluding hydrogens is 396 g/mol. The molecule has 0 saturated carbocycles. The first-order valence-electron chi connectivity index (χ1n) is 9.85. The molecule has 0 saturated heterocycles. The summed E-state index contributed by atoms with van der Waals surface area (Å²) in [4.78, 5) is 24.0. The lowest BCUT2D eigenvalue weighted by atomic mass is 10.0. The Kier molecular flexibility index (Phi) is 9.27. The molecule has 0 spiro atoms. The van der Waals surface area contributed by atoms with Crippen molar-refractivity contribution in [1.82, 2.24) is 5.32 Å². The van der Waals surface area contributed by atoms with Gasteiger partial charge in [-0.3, -0.25) is 4.79 Å². The largest absolute Gasteiger partial charge is 0.482 e. The lowest BCUT2D eigenvalue weighted by Crippen LogP contribution is -2.27. The van der Waals surface area contributed by atoms with Crippen LogP contribution in [-0.4, -0.2) is 38.7 Å². The fourth-order valence-corrected chi connectivity index (χ4v) is 2.58. The molecular formula is C24H26N2O5. The monoisotopic (exact) mass is 422 g/mol. The Morgan fingerprint density at radius 2 is 1.87 bits per heavy atom. The predicted octanol–water partition coefficient (Wildman–Crippen LogP) is 3.46. The molecule has 162 valence electrons. The normalized spacial score (nSPS) is 11.0. The molecule has 0 fully saturated rings. The Labute approximate surface area is 182 Å². The van der Waals surface area contributed by atoms with Crippen LogP contribution in [0.3, 0.4) is 0 Å². The Bertz CT molecular complexity index is 959. The van der Waals surface area contributed by atoms with Crippen molar-refractivity contribution in [3.8, 4) is 17.6 Å². The number of esters is 1. The third-order valence-electron chi connectivity index (χ3n) is 4.26. The number of carbonyl (C=O) groups is 2. The van der Waals surface area contributed by atoms with Gasteiger partial charge in [0.2, 0.25) is 0 Å². The Morgan fingerprint density at radius 1 is 1.13 bits per heavy atom. The topological polar surface area (TPSA) is 97.6 Å². The van der Waals surface area contributed by atoms with Crippen molar-refractivity contribution in [2.45, 2.75) is 19.8 Å². The quantitative estimate of drug-likeness (QED) is 0.207. The molecule has 7 heteroatoms. The number of ether oxygens (including phenoxy) is 3. The summed E-state index contributed by atoms with van der Waals surface area (Å²) in [6, 6.07) is 15.9. The maximum atomic E-state index is 12.1. The van der Waals surface area contributed by atoms with Crippen LogP contribution in [0.4, 0.5) is 0 Å². The first-order chi connectivity index (χ1) is 14.9. The highest BCUT2D eigenvalue weighted by atomic mass is 16.6. The summed E-state index contributed by atoms with van der Waals surface area (Å²) in [7, 11) is 1.53. The summed E-state index contributed by atoms with van der Waals surface area (Å²) >= 11 is 0. The maximum absolute atomic E-state index is 12.1. The van der Waals surface area contributed by atoms with E-state index in [2.05, 4.69) is 19.2 Å². The molecule has 0 unspecified atom stereocenters. The van der Waals surface area contributed by atoms with E-state index in [4.69, 9.17) is 14.2 Å². The van der Waals surface area contributed by atoms with E-state index in [1.54, 1.807) is 30.3 Å². The van der Waals surface area contributed by atoms with Crippen molar-refractivity contribution in [2.24, 2.45) is 0 Å². The third-order valence-corrected chi connectivity index (χ3v) is 4.26. The number of nitrogens with one attached hydrogen (secondary N) is 1.